The maximum atomic E-state index is 11.7. The lowest BCUT2D eigenvalue weighted by Crippen LogP contribution is -2.19. The Morgan fingerprint density at radius 3 is 2.45 bits per heavy atom. The SMILES string of the molecule is O=C(COc1ccccc1)OCC(=O)c1ccc(Cl)s1. The molecule has 6 heteroatoms. The summed E-state index contributed by atoms with van der Waals surface area (Å²) in [6, 6.07) is 12.1. The topological polar surface area (TPSA) is 52.6 Å². The standard InChI is InChI=1S/C14H11ClO4S/c15-13-7-6-12(20-13)11(16)8-19-14(17)9-18-10-4-2-1-3-5-10/h1-7H,8-9H2. The van der Waals surface area contributed by atoms with Gasteiger partial charge in [-0.2, -0.15) is 0 Å². The summed E-state index contributed by atoms with van der Waals surface area (Å²) in [5.74, 6) is -0.305. The van der Waals surface area contributed by atoms with Crippen molar-refractivity contribution in [2.45, 2.75) is 0 Å². The first-order chi connectivity index (χ1) is 9.65. The van der Waals surface area contributed by atoms with E-state index in [1.165, 1.54) is 0 Å². The summed E-state index contributed by atoms with van der Waals surface area (Å²) < 4.78 is 10.6. The van der Waals surface area contributed by atoms with E-state index in [2.05, 4.69) is 0 Å². The second-order valence-corrected chi connectivity index (χ2v) is 5.50. The van der Waals surface area contributed by atoms with E-state index in [1.807, 2.05) is 6.07 Å². The number of hydrogen-bond acceptors (Lipinski definition) is 5. The molecule has 2 aromatic rings. The largest absolute Gasteiger partial charge is 0.482 e. The van der Waals surface area contributed by atoms with Crippen molar-refractivity contribution in [2.75, 3.05) is 13.2 Å². The van der Waals surface area contributed by atoms with E-state index < -0.39 is 5.97 Å². The monoisotopic (exact) mass is 310 g/mol. The fourth-order valence-corrected chi connectivity index (χ4v) is 2.35. The van der Waals surface area contributed by atoms with Gasteiger partial charge >= 0.3 is 5.97 Å². The average molecular weight is 311 g/mol. The van der Waals surface area contributed by atoms with Gasteiger partial charge in [0.15, 0.2) is 13.2 Å². The lowest BCUT2D eigenvalue weighted by Gasteiger charge is -2.05. The smallest absolute Gasteiger partial charge is 0.344 e. The zero-order valence-electron chi connectivity index (χ0n) is 10.4. The zero-order chi connectivity index (χ0) is 14.4. The summed E-state index contributed by atoms with van der Waals surface area (Å²) in [6.45, 7) is -0.545. The molecule has 0 amide bonds. The van der Waals surface area contributed by atoms with Crippen LogP contribution in [0.3, 0.4) is 0 Å². The Morgan fingerprint density at radius 1 is 1.05 bits per heavy atom. The number of ketones is 1. The van der Waals surface area contributed by atoms with Gasteiger partial charge in [-0.3, -0.25) is 4.79 Å². The number of carbonyl (C=O) groups is 2. The van der Waals surface area contributed by atoms with Crippen molar-refractivity contribution < 1.29 is 19.1 Å². The number of hydrogen-bond donors (Lipinski definition) is 0. The molecule has 0 aliphatic heterocycles. The van der Waals surface area contributed by atoms with Crippen LogP contribution in [0.25, 0.3) is 0 Å². The van der Waals surface area contributed by atoms with Gasteiger partial charge in [0.25, 0.3) is 0 Å². The number of halogens is 1. The summed E-state index contributed by atoms with van der Waals surface area (Å²) in [6.07, 6.45) is 0. The highest BCUT2D eigenvalue weighted by Crippen LogP contribution is 2.21. The first-order valence-corrected chi connectivity index (χ1v) is 6.96. The number of Topliss-reactive ketones (excluding diaryl/α,β-unsaturated/α-hetero) is 1. The summed E-state index contributed by atoms with van der Waals surface area (Å²) >= 11 is 6.87. The molecule has 0 unspecified atom stereocenters. The van der Waals surface area contributed by atoms with Crippen molar-refractivity contribution in [1.82, 2.24) is 0 Å². The van der Waals surface area contributed by atoms with Crippen molar-refractivity contribution >= 4 is 34.7 Å². The molecule has 0 saturated heterocycles. The van der Waals surface area contributed by atoms with Crippen LogP contribution in [0.2, 0.25) is 4.34 Å². The molecule has 2 rings (SSSR count). The lowest BCUT2D eigenvalue weighted by atomic mass is 10.3. The van der Waals surface area contributed by atoms with E-state index in [1.54, 1.807) is 36.4 Å². The minimum atomic E-state index is -0.593. The Labute approximate surface area is 124 Å². The predicted octanol–water partition coefficient (Wildman–Crippen LogP) is 3.21. The Bertz CT molecular complexity index is 594. The normalized spacial score (nSPS) is 10.1. The molecule has 0 bridgehead atoms. The van der Waals surface area contributed by atoms with Crippen LogP contribution >= 0.6 is 22.9 Å². The number of ether oxygens (including phenoxy) is 2. The van der Waals surface area contributed by atoms with Crippen molar-refractivity contribution in [3.05, 3.63) is 51.7 Å². The second kappa shape index (κ2) is 7.07. The molecular formula is C14H11ClO4S. The second-order valence-electron chi connectivity index (χ2n) is 3.79. The van der Waals surface area contributed by atoms with Gasteiger partial charge in [0, 0.05) is 0 Å². The molecule has 0 spiro atoms. The molecule has 0 aliphatic rings. The first-order valence-electron chi connectivity index (χ1n) is 5.77. The number of esters is 1. The van der Waals surface area contributed by atoms with Crippen LogP contribution in [0.4, 0.5) is 0 Å². The molecule has 0 radical (unpaired) electrons. The number of thiophene rings is 1. The Morgan fingerprint density at radius 2 is 1.80 bits per heavy atom. The Kier molecular flexibility index (Phi) is 5.15. The number of carbonyl (C=O) groups excluding carboxylic acids is 2. The number of para-hydroxylation sites is 1. The molecular weight excluding hydrogens is 300 g/mol. The van der Waals surface area contributed by atoms with Crippen molar-refractivity contribution in [2.24, 2.45) is 0 Å². The third kappa shape index (κ3) is 4.36. The fourth-order valence-electron chi connectivity index (χ4n) is 1.38. The minimum Gasteiger partial charge on any atom is -0.482 e. The number of benzene rings is 1. The highest BCUT2D eigenvalue weighted by Gasteiger charge is 2.12. The average Bonchev–Trinajstić information content (AvgIpc) is 2.90. The van der Waals surface area contributed by atoms with Gasteiger partial charge in [-0.1, -0.05) is 29.8 Å². The molecule has 104 valence electrons. The van der Waals surface area contributed by atoms with E-state index in [4.69, 9.17) is 21.1 Å². The van der Waals surface area contributed by atoms with E-state index in [0.717, 1.165) is 11.3 Å². The summed E-state index contributed by atoms with van der Waals surface area (Å²) in [5, 5.41) is 0. The molecule has 20 heavy (non-hydrogen) atoms. The molecule has 0 fully saturated rings. The molecule has 1 aromatic heterocycles. The summed E-state index contributed by atoms with van der Waals surface area (Å²) in [7, 11) is 0. The van der Waals surface area contributed by atoms with Gasteiger partial charge in [-0.15, -0.1) is 11.3 Å². The number of rotatable bonds is 6. The molecule has 0 aliphatic carbocycles. The molecule has 1 heterocycles. The first kappa shape index (κ1) is 14.6. The van der Waals surface area contributed by atoms with Gasteiger partial charge < -0.3 is 9.47 Å². The van der Waals surface area contributed by atoms with Crippen LogP contribution in [0.5, 0.6) is 5.75 Å². The van der Waals surface area contributed by atoms with Crippen LogP contribution in [0, 0.1) is 0 Å². The van der Waals surface area contributed by atoms with Crippen LogP contribution in [-0.2, 0) is 9.53 Å². The zero-order valence-corrected chi connectivity index (χ0v) is 11.9. The summed E-state index contributed by atoms with van der Waals surface area (Å²) in [4.78, 5) is 23.6. The van der Waals surface area contributed by atoms with Crippen LogP contribution in [0.1, 0.15) is 9.67 Å². The molecule has 4 nitrogen and oxygen atoms in total. The van der Waals surface area contributed by atoms with Crippen molar-refractivity contribution in [3.8, 4) is 5.75 Å². The van der Waals surface area contributed by atoms with Crippen LogP contribution in [0.15, 0.2) is 42.5 Å². The third-order valence-electron chi connectivity index (χ3n) is 2.31. The quantitative estimate of drug-likeness (QED) is 0.607. The van der Waals surface area contributed by atoms with Crippen molar-refractivity contribution in [3.63, 3.8) is 0 Å². The van der Waals surface area contributed by atoms with Crippen LogP contribution in [-0.4, -0.2) is 25.0 Å². The lowest BCUT2D eigenvalue weighted by molar-refractivity contribution is -0.144. The molecule has 1 aromatic carbocycles. The van der Waals surface area contributed by atoms with E-state index in [-0.39, 0.29) is 19.0 Å². The van der Waals surface area contributed by atoms with E-state index in [0.29, 0.717) is 15.0 Å². The van der Waals surface area contributed by atoms with Crippen molar-refractivity contribution in [1.29, 1.82) is 0 Å². The van der Waals surface area contributed by atoms with Gasteiger partial charge in [-0.05, 0) is 24.3 Å². The molecule has 0 saturated carbocycles. The Balaban J connectivity index is 1.74. The van der Waals surface area contributed by atoms with E-state index >= 15 is 0 Å². The highest BCUT2D eigenvalue weighted by atomic mass is 35.5. The molecule has 0 atom stereocenters. The van der Waals surface area contributed by atoms with E-state index in [9.17, 15) is 9.59 Å². The Hall–Kier alpha value is -1.85. The fraction of sp³-hybridized carbons (Fsp3) is 0.143. The third-order valence-corrected chi connectivity index (χ3v) is 3.58. The summed E-state index contributed by atoms with van der Waals surface area (Å²) in [5.41, 5.74) is 0. The maximum Gasteiger partial charge on any atom is 0.344 e. The molecule has 0 N–H and O–H groups in total. The van der Waals surface area contributed by atoms with Gasteiger partial charge in [0.05, 0.1) is 9.21 Å². The minimum absolute atomic E-state index is 0.234. The predicted molar refractivity (Wildman–Crippen MR) is 76.6 cm³/mol. The van der Waals surface area contributed by atoms with Gasteiger partial charge in [-0.25, -0.2) is 4.79 Å². The maximum absolute atomic E-state index is 11.7. The van der Waals surface area contributed by atoms with Crippen LogP contribution < -0.4 is 4.74 Å². The van der Waals surface area contributed by atoms with Gasteiger partial charge in [0.2, 0.25) is 5.78 Å². The highest BCUT2D eigenvalue weighted by molar-refractivity contribution is 7.18. The van der Waals surface area contributed by atoms with Gasteiger partial charge in [0.1, 0.15) is 5.75 Å².